The summed E-state index contributed by atoms with van der Waals surface area (Å²) in [5.74, 6) is -0.671. The van der Waals surface area contributed by atoms with E-state index in [1.54, 1.807) is 13.0 Å². The quantitative estimate of drug-likeness (QED) is 0.158. The Morgan fingerprint density at radius 1 is 1.28 bits per heavy atom. The molecule has 164 valence electrons. The van der Waals surface area contributed by atoms with E-state index in [2.05, 4.69) is 29.2 Å². The largest absolute Gasteiger partial charge is 0.463 e. The highest BCUT2D eigenvalue weighted by Crippen LogP contribution is 2.27. The van der Waals surface area contributed by atoms with E-state index in [1.165, 1.54) is 32.6 Å². The molecule has 0 saturated heterocycles. The molecule has 4 atom stereocenters. The molecule has 0 bridgehead atoms. The molecule has 0 spiro atoms. The van der Waals surface area contributed by atoms with E-state index in [1.807, 2.05) is 0 Å². The number of carbonyl (C=O) groups excluding carboxylic acids is 2. The van der Waals surface area contributed by atoms with Crippen LogP contribution in [0.15, 0.2) is 16.8 Å². The smallest absolute Gasteiger partial charge is 0.333 e. The molecule has 1 rings (SSSR count). The molecule has 0 heterocycles. The Bertz CT molecular complexity index is 601. The van der Waals surface area contributed by atoms with Gasteiger partial charge in [0.2, 0.25) is 5.91 Å². The van der Waals surface area contributed by atoms with Gasteiger partial charge in [0.15, 0.2) is 0 Å². The molecular weight excluding hydrogens is 372 g/mol. The molecule has 0 aromatic rings. The highest BCUT2D eigenvalue weighted by Gasteiger charge is 2.37. The van der Waals surface area contributed by atoms with Gasteiger partial charge >= 0.3 is 5.97 Å². The van der Waals surface area contributed by atoms with Gasteiger partial charge in [0.05, 0.1) is 30.9 Å². The summed E-state index contributed by atoms with van der Waals surface area (Å²) in [4.78, 5) is 26.9. The van der Waals surface area contributed by atoms with E-state index in [0.29, 0.717) is 5.57 Å². The molecule has 1 amide bonds. The molecule has 0 unspecified atom stereocenters. The molecule has 0 aromatic carbocycles. The molecule has 0 aromatic heterocycles. The lowest BCUT2D eigenvalue weighted by atomic mass is 9.88. The van der Waals surface area contributed by atoms with Crippen LogP contribution in [-0.2, 0) is 19.1 Å². The number of hydrogen-bond acceptors (Lipinski definition) is 5. The van der Waals surface area contributed by atoms with E-state index in [-0.39, 0.29) is 25.0 Å². The van der Waals surface area contributed by atoms with Gasteiger partial charge in [0.1, 0.15) is 0 Å². The minimum absolute atomic E-state index is 0.00222. The van der Waals surface area contributed by atoms with E-state index in [9.17, 15) is 9.59 Å². The first-order chi connectivity index (χ1) is 14.0. The summed E-state index contributed by atoms with van der Waals surface area (Å²) in [6.07, 6.45) is 9.03. The minimum Gasteiger partial charge on any atom is -0.463 e. The summed E-state index contributed by atoms with van der Waals surface area (Å²) in [5.41, 5.74) is 9.39. The molecule has 29 heavy (non-hydrogen) atoms. The van der Waals surface area contributed by atoms with Crippen LogP contribution in [0.1, 0.15) is 79.1 Å². The Hall–Kier alpha value is -2.05. The third kappa shape index (κ3) is 8.88. The molecule has 8 heteroatoms. The summed E-state index contributed by atoms with van der Waals surface area (Å²) in [5, 5.41) is 6.67. The molecule has 0 aliphatic heterocycles. The van der Waals surface area contributed by atoms with Gasteiger partial charge in [-0.05, 0) is 37.8 Å². The normalized spacial score (nSPS) is 22.2. The number of unbranched alkanes of at least 4 members (excludes halogenated alkanes) is 4. The summed E-state index contributed by atoms with van der Waals surface area (Å²) in [6.45, 7) is 7.68. The van der Waals surface area contributed by atoms with Crippen molar-refractivity contribution >= 4 is 11.9 Å². The molecule has 0 radical (unpaired) electrons. The average Bonchev–Trinajstić information content (AvgIpc) is 2.68. The van der Waals surface area contributed by atoms with Gasteiger partial charge in [-0.2, -0.15) is 0 Å². The fourth-order valence-electron chi connectivity index (χ4n) is 3.60. The van der Waals surface area contributed by atoms with Crippen molar-refractivity contribution < 1.29 is 19.1 Å². The SMILES string of the molecule is CCCCCCC[C@H](CC)O[C@@H]1C=C(C(=O)OCC)C[C@H](N=[N+]=[N-])[C@H]1NC(C)=O. The Morgan fingerprint density at radius 2 is 2.00 bits per heavy atom. The number of carbonyl (C=O) groups is 2. The van der Waals surface area contributed by atoms with Crippen molar-refractivity contribution in [2.24, 2.45) is 5.11 Å². The number of nitrogens with one attached hydrogen (secondary N) is 1. The molecule has 0 saturated carbocycles. The Labute approximate surface area is 174 Å². The lowest BCUT2D eigenvalue weighted by Gasteiger charge is -2.36. The average molecular weight is 409 g/mol. The second-order valence-corrected chi connectivity index (χ2v) is 7.45. The van der Waals surface area contributed by atoms with Crippen LogP contribution >= 0.6 is 0 Å². The van der Waals surface area contributed by atoms with Gasteiger partial charge in [-0.15, -0.1) is 0 Å². The maximum absolute atomic E-state index is 12.3. The Kier molecular flexibility index (Phi) is 12.1. The van der Waals surface area contributed by atoms with Crippen LogP contribution in [0.5, 0.6) is 0 Å². The first-order valence-electron chi connectivity index (χ1n) is 10.8. The van der Waals surface area contributed by atoms with Gasteiger partial charge in [0, 0.05) is 17.4 Å². The molecule has 1 aliphatic rings. The minimum atomic E-state index is -0.611. The number of azide groups is 1. The molecule has 1 aliphatic carbocycles. The van der Waals surface area contributed by atoms with Crippen molar-refractivity contribution in [1.82, 2.24) is 5.32 Å². The zero-order valence-corrected chi connectivity index (χ0v) is 18.2. The number of rotatable bonds is 13. The summed E-state index contributed by atoms with van der Waals surface area (Å²) in [7, 11) is 0. The highest BCUT2D eigenvalue weighted by atomic mass is 16.5. The van der Waals surface area contributed by atoms with E-state index in [0.717, 1.165) is 19.3 Å². The van der Waals surface area contributed by atoms with Crippen LogP contribution in [0, 0.1) is 0 Å². The zero-order valence-electron chi connectivity index (χ0n) is 18.2. The van der Waals surface area contributed by atoms with Crippen LogP contribution in [0.4, 0.5) is 0 Å². The monoisotopic (exact) mass is 408 g/mol. The van der Waals surface area contributed by atoms with Crippen LogP contribution in [0.2, 0.25) is 0 Å². The Morgan fingerprint density at radius 3 is 2.59 bits per heavy atom. The first kappa shape index (κ1) is 25.0. The molecule has 1 N–H and O–H groups in total. The summed E-state index contributed by atoms with van der Waals surface area (Å²) in [6, 6.07) is -1.13. The lowest BCUT2D eigenvalue weighted by molar-refractivity contribution is -0.139. The second kappa shape index (κ2) is 14.0. The first-order valence-corrected chi connectivity index (χ1v) is 10.8. The van der Waals surface area contributed by atoms with Gasteiger partial charge in [-0.1, -0.05) is 51.1 Å². The van der Waals surface area contributed by atoms with Crippen molar-refractivity contribution in [3.63, 3.8) is 0 Å². The zero-order chi connectivity index (χ0) is 21.6. The van der Waals surface area contributed by atoms with Gasteiger partial charge < -0.3 is 14.8 Å². The van der Waals surface area contributed by atoms with Crippen molar-refractivity contribution in [3.8, 4) is 0 Å². The van der Waals surface area contributed by atoms with E-state index >= 15 is 0 Å². The van der Waals surface area contributed by atoms with Crippen LogP contribution in [0.25, 0.3) is 10.4 Å². The topological polar surface area (TPSA) is 113 Å². The number of hydrogen-bond donors (Lipinski definition) is 1. The van der Waals surface area contributed by atoms with Crippen molar-refractivity contribution in [1.29, 1.82) is 0 Å². The molecule has 0 fully saturated rings. The fraction of sp³-hybridized carbons (Fsp3) is 0.810. The predicted octanol–water partition coefficient (Wildman–Crippen LogP) is 4.59. The van der Waals surface area contributed by atoms with Crippen LogP contribution in [-0.4, -0.2) is 42.8 Å². The van der Waals surface area contributed by atoms with Crippen molar-refractivity contribution in [3.05, 3.63) is 22.1 Å². The number of amides is 1. The number of ether oxygens (including phenoxy) is 2. The number of esters is 1. The maximum atomic E-state index is 12.3. The Balaban J connectivity index is 2.98. The van der Waals surface area contributed by atoms with Crippen LogP contribution in [0.3, 0.4) is 0 Å². The van der Waals surface area contributed by atoms with Crippen molar-refractivity contribution in [2.45, 2.75) is 103 Å². The maximum Gasteiger partial charge on any atom is 0.333 e. The predicted molar refractivity (Wildman–Crippen MR) is 112 cm³/mol. The van der Waals surface area contributed by atoms with Gasteiger partial charge in [-0.3, -0.25) is 4.79 Å². The standard InChI is InChI=1S/C21H36N4O4/c1-5-8-9-10-11-12-17(6-2)29-19-14-16(21(27)28-7-3)13-18(24-25-22)20(19)23-15(4)26/h14,17-20H,5-13H2,1-4H3,(H,23,26)/t17-,18-,19+,20+/m0/s1. The van der Waals surface area contributed by atoms with Gasteiger partial charge in [-0.25, -0.2) is 4.79 Å². The fourth-order valence-corrected chi connectivity index (χ4v) is 3.60. The van der Waals surface area contributed by atoms with E-state index in [4.69, 9.17) is 15.0 Å². The van der Waals surface area contributed by atoms with Gasteiger partial charge in [0.25, 0.3) is 0 Å². The third-order valence-electron chi connectivity index (χ3n) is 5.11. The summed E-state index contributed by atoms with van der Waals surface area (Å²) >= 11 is 0. The third-order valence-corrected chi connectivity index (χ3v) is 5.11. The highest BCUT2D eigenvalue weighted by molar-refractivity contribution is 5.89. The molecular formula is C21H36N4O4. The summed E-state index contributed by atoms with van der Waals surface area (Å²) < 4.78 is 11.4. The van der Waals surface area contributed by atoms with Crippen LogP contribution < -0.4 is 5.32 Å². The second-order valence-electron chi connectivity index (χ2n) is 7.45. The molecule has 8 nitrogen and oxygen atoms in total. The lowest BCUT2D eigenvalue weighted by Crippen LogP contribution is -2.53. The number of nitrogens with zero attached hydrogens (tertiary/aromatic N) is 3. The van der Waals surface area contributed by atoms with E-state index < -0.39 is 24.2 Å². The van der Waals surface area contributed by atoms with Crippen molar-refractivity contribution in [2.75, 3.05) is 6.61 Å².